The summed E-state index contributed by atoms with van der Waals surface area (Å²) in [4.78, 5) is 27.9. The van der Waals surface area contributed by atoms with Crippen molar-refractivity contribution in [2.24, 2.45) is 5.92 Å². The van der Waals surface area contributed by atoms with Gasteiger partial charge in [-0.25, -0.2) is 10.9 Å². The molecule has 0 bridgehead atoms. The number of amides is 1. The van der Waals surface area contributed by atoms with Gasteiger partial charge in [-0.05, 0) is 44.9 Å². The molecule has 0 aromatic carbocycles. The summed E-state index contributed by atoms with van der Waals surface area (Å²) in [5.74, 6) is 0.230. The van der Waals surface area contributed by atoms with Crippen LogP contribution in [-0.4, -0.2) is 73.5 Å². The Labute approximate surface area is 173 Å². The zero-order valence-electron chi connectivity index (χ0n) is 17.4. The van der Waals surface area contributed by atoms with Gasteiger partial charge in [0.05, 0.1) is 18.8 Å². The van der Waals surface area contributed by atoms with Crippen LogP contribution in [0.3, 0.4) is 0 Å². The number of rotatable bonds is 5. The minimum Gasteiger partial charge on any atom is -0.465 e. The Hall–Kier alpha value is -1.26. The lowest BCUT2D eigenvalue weighted by Gasteiger charge is -2.44. The topological polar surface area (TPSA) is 107 Å². The van der Waals surface area contributed by atoms with Crippen LogP contribution in [0.4, 0.5) is 0 Å². The quantitative estimate of drug-likeness (QED) is 0.384. The van der Waals surface area contributed by atoms with Crippen molar-refractivity contribution >= 4 is 11.9 Å². The van der Waals surface area contributed by atoms with Crippen LogP contribution in [0.25, 0.3) is 0 Å². The summed E-state index contributed by atoms with van der Waals surface area (Å²) in [5, 5.41) is 10.0. The molecule has 0 aromatic rings. The van der Waals surface area contributed by atoms with Gasteiger partial charge in [-0.15, -0.1) is 0 Å². The fourth-order valence-electron chi connectivity index (χ4n) is 5.33. The van der Waals surface area contributed by atoms with E-state index < -0.39 is 6.04 Å². The van der Waals surface area contributed by atoms with Crippen molar-refractivity contribution in [2.45, 2.75) is 82.2 Å². The highest BCUT2D eigenvalue weighted by molar-refractivity contribution is 5.84. The first-order valence-electron chi connectivity index (χ1n) is 11.3. The Morgan fingerprint density at radius 1 is 1.14 bits per heavy atom. The van der Waals surface area contributed by atoms with Crippen LogP contribution in [0.5, 0.6) is 0 Å². The lowest BCUT2D eigenvalue weighted by atomic mass is 9.75. The largest absolute Gasteiger partial charge is 0.465 e. The average Bonchev–Trinajstić information content (AvgIpc) is 3.28. The third-order valence-corrected chi connectivity index (χ3v) is 6.93. The number of nitrogens with zero attached hydrogens (tertiary/aromatic N) is 1. The molecule has 29 heavy (non-hydrogen) atoms. The number of hydrazine groups is 1. The van der Waals surface area contributed by atoms with Gasteiger partial charge in [-0.3, -0.25) is 19.8 Å². The monoisotopic (exact) mass is 408 g/mol. The van der Waals surface area contributed by atoms with Crippen molar-refractivity contribution in [1.29, 1.82) is 0 Å². The molecule has 164 valence electrons. The predicted octanol–water partition coefficient (Wildman–Crippen LogP) is -0.600. The van der Waals surface area contributed by atoms with Crippen LogP contribution >= 0.6 is 0 Å². The molecule has 4 fully saturated rings. The number of hydrogen-bond acceptors (Lipinski definition) is 8. The highest BCUT2D eigenvalue weighted by Crippen LogP contribution is 2.33. The second-order valence-electron chi connectivity index (χ2n) is 8.80. The van der Waals surface area contributed by atoms with Crippen LogP contribution in [0.2, 0.25) is 0 Å². The number of esters is 1. The molecule has 1 amide bonds. The standard InChI is InChI=1S/C20H36N6O3/c1-2-29-20(28)18-16(11-13-5-3-4-6-14(13)22-18)23-19(27)15-7-8-17(25-24-15)26-10-9-21-12-26/h13-18,21-22,24-25H,2-12H2,1H3,(H,23,27). The van der Waals surface area contributed by atoms with Gasteiger partial charge < -0.3 is 15.4 Å². The molecule has 3 saturated heterocycles. The number of ether oxygens (including phenoxy) is 1. The van der Waals surface area contributed by atoms with E-state index in [1.165, 1.54) is 12.8 Å². The molecular formula is C20H36N6O3. The lowest BCUT2D eigenvalue weighted by Crippen LogP contribution is -2.67. The van der Waals surface area contributed by atoms with E-state index in [0.717, 1.165) is 51.9 Å². The molecule has 0 spiro atoms. The number of hydrogen-bond donors (Lipinski definition) is 5. The molecule has 4 rings (SSSR count). The van der Waals surface area contributed by atoms with Crippen LogP contribution in [0, 0.1) is 5.92 Å². The lowest BCUT2D eigenvalue weighted by molar-refractivity contribution is -0.148. The van der Waals surface area contributed by atoms with E-state index in [2.05, 4.69) is 31.7 Å². The molecule has 0 radical (unpaired) electrons. The van der Waals surface area contributed by atoms with Crippen molar-refractivity contribution < 1.29 is 14.3 Å². The highest BCUT2D eigenvalue weighted by Gasteiger charge is 2.43. The zero-order valence-corrected chi connectivity index (χ0v) is 17.4. The molecule has 5 N–H and O–H groups in total. The fraction of sp³-hybridized carbons (Fsp3) is 0.900. The number of piperidine rings is 1. The average molecular weight is 409 g/mol. The molecule has 1 aliphatic carbocycles. The van der Waals surface area contributed by atoms with E-state index in [1.54, 1.807) is 0 Å². The maximum absolute atomic E-state index is 13.0. The second-order valence-corrected chi connectivity index (χ2v) is 8.80. The zero-order chi connectivity index (χ0) is 20.2. The molecule has 6 unspecified atom stereocenters. The SMILES string of the molecule is CCOC(=O)C1NC2CCCCC2CC1NC(=O)C1CCC(N2CCNC2)NN1. The van der Waals surface area contributed by atoms with E-state index in [1.807, 2.05) is 6.92 Å². The minimum absolute atomic E-state index is 0.0362. The van der Waals surface area contributed by atoms with E-state index in [-0.39, 0.29) is 30.1 Å². The van der Waals surface area contributed by atoms with Gasteiger partial charge in [0.1, 0.15) is 12.1 Å². The van der Waals surface area contributed by atoms with Crippen molar-refractivity contribution in [3.63, 3.8) is 0 Å². The molecule has 4 aliphatic rings. The number of fused-ring (bicyclic) bond motifs is 1. The van der Waals surface area contributed by atoms with Gasteiger partial charge in [0.2, 0.25) is 5.91 Å². The van der Waals surface area contributed by atoms with Crippen LogP contribution in [-0.2, 0) is 14.3 Å². The van der Waals surface area contributed by atoms with Gasteiger partial charge in [0, 0.05) is 25.8 Å². The molecule has 3 heterocycles. The van der Waals surface area contributed by atoms with Crippen molar-refractivity contribution in [3.05, 3.63) is 0 Å². The van der Waals surface area contributed by atoms with Crippen molar-refractivity contribution in [1.82, 2.24) is 31.7 Å². The Morgan fingerprint density at radius 3 is 2.72 bits per heavy atom. The maximum atomic E-state index is 13.0. The Balaban J connectivity index is 1.34. The molecule has 9 nitrogen and oxygen atoms in total. The first kappa shape index (κ1) is 21.0. The van der Waals surface area contributed by atoms with Crippen molar-refractivity contribution in [3.8, 4) is 0 Å². The van der Waals surface area contributed by atoms with Gasteiger partial charge in [-0.1, -0.05) is 12.8 Å². The summed E-state index contributed by atoms with van der Waals surface area (Å²) in [5.41, 5.74) is 6.49. The normalized spacial score (nSPS) is 38.2. The molecule has 0 aromatic heterocycles. The summed E-state index contributed by atoms with van der Waals surface area (Å²) >= 11 is 0. The Morgan fingerprint density at radius 2 is 2.00 bits per heavy atom. The first-order chi connectivity index (χ1) is 14.2. The highest BCUT2D eigenvalue weighted by atomic mass is 16.5. The van der Waals surface area contributed by atoms with Crippen LogP contribution < -0.4 is 26.8 Å². The molecule has 1 saturated carbocycles. The summed E-state index contributed by atoms with van der Waals surface area (Å²) in [7, 11) is 0. The summed E-state index contributed by atoms with van der Waals surface area (Å²) < 4.78 is 5.30. The van der Waals surface area contributed by atoms with Gasteiger partial charge in [0.25, 0.3) is 0 Å². The van der Waals surface area contributed by atoms with E-state index in [0.29, 0.717) is 18.6 Å². The second kappa shape index (κ2) is 9.70. The number of carbonyl (C=O) groups is 2. The van der Waals surface area contributed by atoms with E-state index in [9.17, 15) is 9.59 Å². The molecular weight excluding hydrogens is 372 g/mol. The van der Waals surface area contributed by atoms with Gasteiger partial charge >= 0.3 is 5.97 Å². The van der Waals surface area contributed by atoms with E-state index in [4.69, 9.17) is 4.74 Å². The number of nitrogens with one attached hydrogen (secondary N) is 5. The summed E-state index contributed by atoms with van der Waals surface area (Å²) in [6.07, 6.45) is 7.48. The molecule has 3 aliphatic heterocycles. The van der Waals surface area contributed by atoms with Gasteiger partial charge in [0.15, 0.2) is 0 Å². The maximum Gasteiger partial charge on any atom is 0.325 e. The number of carbonyl (C=O) groups excluding carboxylic acids is 2. The Bertz CT molecular complexity index is 577. The fourth-order valence-corrected chi connectivity index (χ4v) is 5.33. The third kappa shape index (κ3) is 4.91. The van der Waals surface area contributed by atoms with Crippen LogP contribution in [0.15, 0.2) is 0 Å². The minimum atomic E-state index is -0.460. The third-order valence-electron chi connectivity index (χ3n) is 6.93. The summed E-state index contributed by atoms with van der Waals surface area (Å²) in [6, 6.07) is -0.606. The summed E-state index contributed by atoms with van der Waals surface area (Å²) in [6.45, 7) is 5.09. The smallest absolute Gasteiger partial charge is 0.325 e. The van der Waals surface area contributed by atoms with Crippen molar-refractivity contribution in [2.75, 3.05) is 26.4 Å². The van der Waals surface area contributed by atoms with Gasteiger partial charge in [-0.2, -0.15) is 0 Å². The molecule has 6 atom stereocenters. The van der Waals surface area contributed by atoms with E-state index >= 15 is 0 Å². The van der Waals surface area contributed by atoms with Crippen LogP contribution in [0.1, 0.15) is 51.9 Å². The first-order valence-corrected chi connectivity index (χ1v) is 11.3. The Kier molecular flexibility index (Phi) is 7.02. The predicted molar refractivity (Wildman–Crippen MR) is 109 cm³/mol. The molecule has 9 heteroatoms.